The largest absolute Gasteiger partial charge is 0.542 e. The lowest BCUT2D eigenvalue weighted by Crippen LogP contribution is -2.37. The average molecular weight is 424 g/mol. The van der Waals surface area contributed by atoms with E-state index in [2.05, 4.69) is 17.6 Å². The third kappa shape index (κ3) is 5.79. The van der Waals surface area contributed by atoms with Crippen LogP contribution in [-0.2, 0) is 16.1 Å². The van der Waals surface area contributed by atoms with Gasteiger partial charge in [-0.15, -0.1) is 0 Å². The smallest absolute Gasteiger partial charge is 0.430 e. The first-order valence-electron chi connectivity index (χ1n) is 8.99. The van der Waals surface area contributed by atoms with E-state index in [1.165, 1.54) is 0 Å². The minimum absolute atomic E-state index is 0.107. The first-order chi connectivity index (χ1) is 14.1. The lowest BCUT2D eigenvalue weighted by Gasteiger charge is -2.09. The van der Waals surface area contributed by atoms with E-state index in [1.54, 1.807) is 0 Å². The number of ether oxygens (including phenoxy) is 1. The summed E-state index contributed by atoms with van der Waals surface area (Å²) in [4.78, 5) is 24.1. The van der Waals surface area contributed by atoms with Crippen LogP contribution in [0.3, 0.4) is 0 Å². The number of halogens is 3. The van der Waals surface area contributed by atoms with Crippen molar-refractivity contribution in [3.05, 3.63) is 42.5 Å². The highest BCUT2D eigenvalue weighted by Gasteiger charge is 2.28. The SMILES string of the molecule is CC[n+]1c2ccccc2nc2c(OCCCC(=O)O)cccc21.O=C([O-])C(F)(F)F. The predicted molar refractivity (Wildman–Crippen MR) is 98.5 cm³/mol. The summed E-state index contributed by atoms with van der Waals surface area (Å²) < 4.78 is 39.5. The van der Waals surface area contributed by atoms with Crippen LogP contribution < -0.4 is 14.4 Å². The molecule has 0 amide bonds. The number of aliphatic carboxylic acids is 2. The maximum absolute atomic E-state index is 10.6. The van der Waals surface area contributed by atoms with Gasteiger partial charge in [-0.1, -0.05) is 18.2 Å². The topological polar surface area (TPSA) is 103 Å². The highest BCUT2D eigenvalue weighted by Crippen LogP contribution is 2.24. The molecule has 7 nitrogen and oxygen atoms in total. The normalized spacial score (nSPS) is 11.1. The van der Waals surface area contributed by atoms with Gasteiger partial charge in [0.15, 0.2) is 11.3 Å². The molecule has 0 saturated heterocycles. The van der Waals surface area contributed by atoms with E-state index >= 15 is 0 Å². The molecule has 0 fully saturated rings. The van der Waals surface area contributed by atoms with E-state index in [0.29, 0.717) is 18.8 Å². The monoisotopic (exact) mass is 424 g/mol. The molecule has 3 aromatic rings. The van der Waals surface area contributed by atoms with Crippen molar-refractivity contribution in [2.24, 2.45) is 0 Å². The Hall–Kier alpha value is -3.43. The first kappa shape index (κ1) is 22.9. The zero-order valence-corrected chi connectivity index (χ0v) is 16.0. The molecule has 2 aromatic carbocycles. The number of para-hydroxylation sites is 3. The van der Waals surface area contributed by atoms with Crippen molar-refractivity contribution in [2.45, 2.75) is 32.5 Å². The Morgan fingerprint density at radius 3 is 2.37 bits per heavy atom. The summed E-state index contributed by atoms with van der Waals surface area (Å²) in [7, 11) is 0. The number of aromatic nitrogens is 2. The number of carbonyl (C=O) groups is 2. The molecule has 0 aliphatic heterocycles. The van der Waals surface area contributed by atoms with Crippen molar-refractivity contribution in [1.82, 2.24) is 4.98 Å². The van der Waals surface area contributed by atoms with Crippen molar-refractivity contribution < 1.29 is 42.3 Å². The van der Waals surface area contributed by atoms with Crippen LogP contribution in [0.1, 0.15) is 19.8 Å². The maximum Gasteiger partial charge on any atom is 0.430 e. The maximum atomic E-state index is 10.6. The Kier molecular flexibility index (Phi) is 7.51. The summed E-state index contributed by atoms with van der Waals surface area (Å²) in [6.07, 6.45) is -4.61. The van der Waals surface area contributed by atoms with Crippen molar-refractivity contribution in [1.29, 1.82) is 0 Å². The Morgan fingerprint density at radius 1 is 1.13 bits per heavy atom. The Morgan fingerprint density at radius 2 is 1.77 bits per heavy atom. The number of fused-ring (bicyclic) bond motifs is 2. The molecule has 10 heteroatoms. The number of rotatable bonds is 6. The lowest BCUT2D eigenvalue weighted by atomic mass is 10.2. The number of carbonyl (C=O) groups excluding carboxylic acids is 1. The van der Waals surface area contributed by atoms with Gasteiger partial charge >= 0.3 is 12.1 Å². The highest BCUT2D eigenvalue weighted by atomic mass is 19.4. The molecule has 0 unspecified atom stereocenters. The molecule has 0 aliphatic rings. The van der Waals surface area contributed by atoms with Crippen LogP contribution in [0.2, 0.25) is 0 Å². The van der Waals surface area contributed by atoms with Crippen molar-refractivity contribution in [3.8, 4) is 5.75 Å². The van der Waals surface area contributed by atoms with E-state index in [9.17, 15) is 18.0 Å². The number of hydrogen-bond donors (Lipinski definition) is 1. The second-order valence-electron chi connectivity index (χ2n) is 6.10. The van der Waals surface area contributed by atoms with Gasteiger partial charge in [-0.05, 0) is 25.5 Å². The summed E-state index contributed by atoms with van der Waals surface area (Å²) in [6.45, 7) is 3.31. The molecule has 0 radical (unpaired) electrons. The van der Waals surface area contributed by atoms with Crippen molar-refractivity contribution in [3.63, 3.8) is 0 Å². The van der Waals surface area contributed by atoms with Gasteiger partial charge in [0.2, 0.25) is 11.0 Å². The lowest BCUT2D eigenvalue weighted by molar-refractivity contribution is -0.641. The van der Waals surface area contributed by atoms with E-state index in [1.807, 2.05) is 36.4 Å². The molecule has 160 valence electrons. The fraction of sp³-hybridized carbons (Fsp3) is 0.300. The summed E-state index contributed by atoms with van der Waals surface area (Å²) >= 11 is 0. The molecule has 1 N–H and O–H groups in total. The summed E-state index contributed by atoms with van der Waals surface area (Å²) in [5, 5.41) is 17.5. The number of nitrogens with zero attached hydrogens (tertiary/aromatic N) is 2. The fourth-order valence-electron chi connectivity index (χ4n) is 2.74. The standard InChI is InChI=1S/C18H18N2O3.C2HF3O2/c1-2-20-14-8-4-3-7-13(14)19-18-15(20)9-5-10-16(18)23-12-6-11-17(21)22;3-2(4,5)1(6)7/h3-5,7-10H,2,6,11-12H2,1H3;(H,6,7). The van der Waals surface area contributed by atoms with Gasteiger partial charge in [-0.3, -0.25) is 4.79 Å². The molecule has 1 heterocycles. The zero-order valence-electron chi connectivity index (χ0n) is 16.0. The number of carboxylic acid groups (broad SMARTS) is 2. The number of alkyl halides is 3. The minimum Gasteiger partial charge on any atom is -0.542 e. The van der Waals surface area contributed by atoms with Gasteiger partial charge in [0.25, 0.3) is 0 Å². The van der Waals surface area contributed by atoms with Crippen LogP contribution in [0.25, 0.3) is 22.1 Å². The molecule has 1 aromatic heterocycles. The predicted octanol–water partition coefficient (Wildman–Crippen LogP) is 2.24. The van der Waals surface area contributed by atoms with Crippen LogP contribution in [0.15, 0.2) is 42.5 Å². The molecular weight excluding hydrogens is 405 g/mol. The average Bonchev–Trinajstić information content (AvgIpc) is 2.69. The number of aryl methyl sites for hydroxylation is 1. The van der Waals surface area contributed by atoms with Gasteiger partial charge in [-0.2, -0.15) is 17.7 Å². The van der Waals surface area contributed by atoms with Crippen LogP contribution >= 0.6 is 0 Å². The molecule has 0 spiro atoms. The Bertz CT molecular complexity index is 1050. The molecule has 0 saturated carbocycles. The van der Waals surface area contributed by atoms with Crippen LogP contribution in [-0.4, -0.2) is 34.8 Å². The van der Waals surface area contributed by atoms with Crippen molar-refractivity contribution >= 4 is 34.0 Å². The van der Waals surface area contributed by atoms with Gasteiger partial charge < -0.3 is 19.7 Å². The zero-order chi connectivity index (χ0) is 22.3. The molecule has 30 heavy (non-hydrogen) atoms. The van der Waals surface area contributed by atoms with Gasteiger partial charge in [0.05, 0.1) is 6.61 Å². The number of hydrogen-bond acceptors (Lipinski definition) is 5. The molecular formula is C20H19F3N2O5. The van der Waals surface area contributed by atoms with Crippen LogP contribution in [0.4, 0.5) is 13.2 Å². The van der Waals surface area contributed by atoms with Gasteiger partial charge in [0, 0.05) is 18.6 Å². The number of carboxylic acids is 2. The molecule has 0 atom stereocenters. The second-order valence-corrected chi connectivity index (χ2v) is 6.10. The van der Waals surface area contributed by atoms with E-state index in [4.69, 9.17) is 24.7 Å². The Labute approximate surface area is 169 Å². The van der Waals surface area contributed by atoms with Crippen molar-refractivity contribution in [2.75, 3.05) is 6.61 Å². The molecule has 0 bridgehead atoms. The first-order valence-corrected chi connectivity index (χ1v) is 8.99. The summed E-state index contributed by atoms with van der Waals surface area (Å²) in [5.74, 6) is -3.12. The second kappa shape index (κ2) is 9.86. The molecule has 3 rings (SSSR count). The third-order valence-electron chi connectivity index (χ3n) is 4.01. The van der Waals surface area contributed by atoms with Gasteiger partial charge in [-0.25, -0.2) is 4.98 Å². The summed E-state index contributed by atoms with van der Waals surface area (Å²) in [6, 6.07) is 13.9. The minimum atomic E-state index is -5.19. The van der Waals surface area contributed by atoms with Crippen LogP contribution in [0.5, 0.6) is 5.75 Å². The quantitative estimate of drug-likeness (QED) is 0.370. The molecule has 0 aliphatic carbocycles. The highest BCUT2D eigenvalue weighted by molar-refractivity contribution is 5.85. The summed E-state index contributed by atoms with van der Waals surface area (Å²) in [5.41, 5.74) is 3.83. The number of benzene rings is 2. The van der Waals surface area contributed by atoms with Crippen LogP contribution in [0, 0.1) is 0 Å². The third-order valence-corrected chi connectivity index (χ3v) is 4.01. The fourth-order valence-corrected chi connectivity index (χ4v) is 2.74. The van der Waals surface area contributed by atoms with E-state index in [0.717, 1.165) is 28.6 Å². The van der Waals surface area contributed by atoms with Gasteiger partial charge in [0.1, 0.15) is 18.0 Å². The van der Waals surface area contributed by atoms with E-state index in [-0.39, 0.29) is 6.42 Å². The van der Waals surface area contributed by atoms with E-state index < -0.39 is 18.1 Å². The Balaban J connectivity index is 0.000000396.